The molecule has 24 heavy (non-hydrogen) atoms. The molecule has 0 spiro atoms. The molecule has 2 rings (SSSR count). The molecular weight excluding hydrogens is 304 g/mol. The van der Waals surface area contributed by atoms with Crippen LogP contribution in [0.5, 0.6) is 0 Å². The Kier molecular flexibility index (Phi) is 6.63. The third kappa shape index (κ3) is 6.77. The topological polar surface area (TPSA) is 64.7 Å². The molecule has 0 atom stereocenters. The van der Waals surface area contributed by atoms with E-state index in [2.05, 4.69) is 48.4 Å². The largest absolute Gasteiger partial charge is 0.355 e. The summed E-state index contributed by atoms with van der Waals surface area (Å²) in [5.74, 6) is 0.387. The summed E-state index contributed by atoms with van der Waals surface area (Å²) in [6, 6.07) is 0.423. The molecule has 0 aromatic heterocycles. The zero-order chi connectivity index (χ0) is 17.7. The van der Waals surface area contributed by atoms with Gasteiger partial charge in [-0.3, -0.25) is 14.5 Å². The minimum atomic E-state index is 0.0702. The summed E-state index contributed by atoms with van der Waals surface area (Å²) in [6.45, 7) is 8.13. The molecule has 1 saturated carbocycles. The molecule has 6 nitrogen and oxygen atoms in total. The Morgan fingerprint density at radius 3 is 2.29 bits per heavy atom. The van der Waals surface area contributed by atoms with E-state index in [1.165, 1.54) is 0 Å². The van der Waals surface area contributed by atoms with Crippen LogP contribution >= 0.6 is 0 Å². The van der Waals surface area contributed by atoms with E-state index in [1.807, 2.05) is 0 Å². The van der Waals surface area contributed by atoms with Crippen LogP contribution in [0.2, 0.25) is 0 Å². The molecule has 1 heterocycles. The summed E-state index contributed by atoms with van der Waals surface area (Å²) in [7, 11) is 4.11. The molecule has 2 fully saturated rings. The first-order valence-corrected chi connectivity index (χ1v) is 9.19. The third-order valence-electron chi connectivity index (χ3n) is 4.75. The van der Waals surface area contributed by atoms with Crippen LogP contribution in [-0.2, 0) is 9.59 Å². The van der Waals surface area contributed by atoms with Crippen LogP contribution in [0.15, 0.2) is 0 Å². The van der Waals surface area contributed by atoms with Gasteiger partial charge < -0.3 is 15.5 Å². The van der Waals surface area contributed by atoms with Gasteiger partial charge in [0.15, 0.2) is 0 Å². The normalized spacial score (nSPS) is 20.2. The highest BCUT2D eigenvalue weighted by Gasteiger charge is 2.29. The van der Waals surface area contributed by atoms with Crippen molar-refractivity contribution in [2.75, 3.05) is 46.8 Å². The van der Waals surface area contributed by atoms with Crippen LogP contribution in [0.1, 0.15) is 39.5 Å². The molecule has 6 heteroatoms. The molecule has 1 aliphatic carbocycles. The van der Waals surface area contributed by atoms with Crippen molar-refractivity contribution in [2.45, 2.75) is 45.6 Å². The molecule has 0 unspecified atom stereocenters. The van der Waals surface area contributed by atoms with E-state index in [4.69, 9.17) is 0 Å². The van der Waals surface area contributed by atoms with Gasteiger partial charge in [-0.05, 0) is 58.3 Å². The predicted octanol–water partition coefficient (Wildman–Crippen LogP) is 0.681. The van der Waals surface area contributed by atoms with E-state index >= 15 is 0 Å². The quantitative estimate of drug-likeness (QED) is 0.683. The van der Waals surface area contributed by atoms with E-state index in [0.717, 1.165) is 45.3 Å². The summed E-state index contributed by atoms with van der Waals surface area (Å²) in [4.78, 5) is 28.5. The van der Waals surface area contributed by atoms with Crippen molar-refractivity contribution in [3.8, 4) is 0 Å². The highest BCUT2D eigenvalue weighted by molar-refractivity contribution is 5.79. The molecule has 2 amide bonds. The van der Waals surface area contributed by atoms with Crippen molar-refractivity contribution in [3.63, 3.8) is 0 Å². The maximum atomic E-state index is 12.4. The Morgan fingerprint density at radius 2 is 1.75 bits per heavy atom. The van der Waals surface area contributed by atoms with Gasteiger partial charge in [-0.1, -0.05) is 13.8 Å². The van der Waals surface area contributed by atoms with Gasteiger partial charge >= 0.3 is 0 Å². The third-order valence-corrected chi connectivity index (χ3v) is 4.75. The maximum absolute atomic E-state index is 12.4. The fourth-order valence-electron chi connectivity index (χ4n) is 3.44. The molecule has 0 aromatic rings. The van der Waals surface area contributed by atoms with E-state index < -0.39 is 0 Å². The van der Waals surface area contributed by atoms with Crippen molar-refractivity contribution < 1.29 is 9.59 Å². The van der Waals surface area contributed by atoms with E-state index in [0.29, 0.717) is 19.1 Å². The van der Waals surface area contributed by atoms with Gasteiger partial charge in [0, 0.05) is 25.0 Å². The smallest absolute Gasteiger partial charge is 0.234 e. The number of amides is 2. The number of carbonyl (C=O) groups excluding carboxylic acids is 2. The fraction of sp³-hybridized carbons (Fsp3) is 0.889. The first-order chi connectivity index (χ1) is 11.2. The van der Waals surface area contributed by atoms with Crippen LogP contribution in [0, 0.1) is 11.3 Å². The second kappa shape index (κ2) is 8.30. The predicted molar refractivity (Wildman–Crippen MR) is 95.7 cm³/mol. The van der Waals surface area contributed by atoms with Crippen molar-refractivity contribution in [3.05, 3.63) is 0 Å². The second-order valence-corrected chi connectivity index (χ2v) is 8.51. The summed E-state index contributed by atoms with van der Waals surface area (Å²) >= 11 is 0. The molecule has 2 aliphatic rings. The molecule has 138 valence electrons. The van der Waals surface area contributed by atoms with Crippen LogP contribution in [0.3, 0.4) is 0 Å². The van der Waals surface area contributed by atoms with Gasteiger partial charge in [0.05, 0.1) is 6.54 Å². The number of likely N-dealkylation sites (tertiary alicyclic amines) is 1. The molecule has 2 N–H and O–H groups in total. The van der Waals surface area contributed by atoms with Gasteiger partial charge in [-0.25, -0.2) is 0 Å². The van der Waals surface area contributed by atoms with Crippen LogP contribution in [0.4, 0.5) is 0 Å². The average Bonchev–Trinajstić information content (AvgIpc) is 3.28. The molecule has 0 aromatic carbocycles. The van der Waals surface area contributed by atoms with Crippen molar-refractivity contribution >= 4 is 11.8 Å². The van der Waals surface area contributed by atoms with Crippen LogP contribution in [-0.4, -0.2) is 74.5 Å². The molecule has 1 aliphatic heterocycles. The number of hydrogen-bond acceptors (Lipinski definition) is 4. The Bertz CT molecular complexity index is 438. The van der Waals surface area contributed by atoms with Gasteiger partial charge in [0.1, 0.15) is 0 Å². The standard InChI is InChI=1S/C18H34N4O2/c1-18(2,13-21(3)4)12-19-17(24)14-7-9-22(10-8-14)11-16(23)20-15-5-6-15/h14-15H,5-13H2,1-4H3,(H,19,24)(H,20,23). The second-order valence-electron chi connectivity index (χ2n) is 8.51. The SMILES string of the molecule is CN(C)CC(C)(C)CNC(=O)C1CCN(CC(=O)NC2CC2)CC1. The lowest BCUT2D eigenvalue weighted by Crippen LogP contribution is -2.46. The number of nitrogens with zero attached hydrogens (tertiary/aromatic N) is 2. The van der Waals surface area contributed by atoms with Gasteiger partial charge in [-0.2, -0.15) is 0 Å². The lowest BCUT2D eigenvalue weighted by molar-refractivity contribution is -0.127. The number of rotatable bonds is 8. The van der Waals surface area contributed by atoms with E-state index in [9.17, 15) is 9.59 Å². The first kappa shape index (κ1) is 19.2. The monoisotopic (exact) mass is 338 g/mol. The lowest BCUT2D eigenvalue weighted by Gasteiger charge is -2.32. The summed E-state index contributed by atoms with van der Waals surface area (Å²) < 4.78 is 0. The van der Waals surface area contributed by atoms with Crippen LogP contribution < -0.4 is 10.6 Å². The number of hydrogen-bond donors (Lipinski definition) is 2. The van der Waals surface area contributed by atoms with Crippen molar-refractivity contribution in [2.24, 2.45) is 11.3 Å². The van der Waals surface area contributed by atoms with E-state index in [-0.39, 0.29) is 23.1 Å². The summed E-state index contributed by atoms with van der Waals surface area (Å²) in [5.41, 5.74) is 0.0702. The van der Waals surface area contributed by atoms with Crippen molar-refractivity contribution in [1.29, 1.82) is 0 Å². The van der Waals surface area contributed by atoms with Gasteiger partial charge in [0.25, 0.3) is 0 Å². The Hall–Kier alpha value is -1.14. The average molecular weight is 338 g/mol. The Labute approximate surface area is 146 Å². The zero-order valence-electron chi connectivity index (χ0n) is 15.7. The number of piperidine rings is 1. The number of nitrogens with one attached hydrogen (secondary N) is 2. The fourth-order valence-corrected chi connectivity index (χ4v) is 3.44. The van der Waals surface area contributed by atoms with Gasteiger partial charge in [-0.15, -0.1) is 0 Å². The highest BCUT2D eigenvalue weighted by Crippen LogP contribution is 2.20. The molecule has 0 bridgehead atoms. The summed E-state index contributed by atoms with van der Waals surface area (Å²) in [6.07, 6.45) is 3.93. The summed E-state index contributed by atoms with van der Waals surface area (Å²) in [5, 5.41) is 6.15. The number of carbonyl (C=O) groups is 2. The minimum absolute atomic E-state index is 0.0702. The molecular formula is C18H34N4O2. The first-order valence-electron chi connectivity index (χ1n) is 9.19. The van der Waals surface area contributed by atoms with Crippen molar-refractivity contribution in [1.82, 2.24) is 20.4 Å². The lowest BCUT2D eigenvalue weighted by atomic mass is 9.91. The minimum Gasteiger partial charge on any atom is -0.355 e. The zero-order valence-corrected chi connectivity index (χ0v) is 15.7. The maximum Gasteiger partial charge on any atom is 0.234 e. The molecule has 0 radical (unpaired) electrons. The van der Waals surface area contributed by atoms with Gasteiger partial charge in [0.2, 0.25) is 11.8 Å². The Morgan fingerprint density at radius 1 is 1.12 bits per heavy atom. The molecule has 1 saturated heterocycles. The van der Waals surface area contributed by atoms with Crippen LogP contribution in [0.25, 0.3) is 0 Å². The van der Waals surface area contributed by atoms with E-state index in [1.54, 1.807) is 0 Å². The highest BCUT2D eigenvalue weighted by atomic mass is 16.2. The Balaban J connectivity index is 1.65.